The first kappa shape index (κ1) is 16.8. The Bertz CT molecular complexity index is 503. The van der Waals surface area contributed by atoms with Crippen LogP contribution in [0.4, 0.5) is 23.2 Å². The predicted molar refractivity (Wildman–Crippen MR) is 68.1 cm³/mol. The smallest absolute Gasteiger partial charge is 0.373 e. The lowest BCUT2D eigenvalue weighted by atomic mass is 10.1. The van der Waals surface area contributed by atoms with E-state index in [4.69, 9.17) is 5.11 Å². The number of anilines is 1. The van der Waals surface area contributed by atoms with Gasteiger partial charge in [0.15, 0.2) is 0 Å². The van der Waals surface area contributed by atoms with Gasteiger partial charge in [0.25, 0.3) is 5.91 Å². The lowest BCUT2D eigenvalue weighted by Crippen LogP contribution is -2.52. The molecule has 3 nitrogen and oxygen atoms in total. The molecule has 0 saturated carbocycles. The molecule has 0 spiro atoms. The first-order chi connectivity index (χ1) is 9.09. The molecule has 1 aromatic rings. The molecule has 2 N–H and O–H groups in total. The fourth-order valence-corrected chi connectivity index (χ4v) is 1.91. The van der Waals surface area contributed by atoms with Crippen molar-refractivity contribution in [1.82, 2.24) is 0 Å². The van der Waals surface area contributed by atoms with Gasteiger partial charge in [0.05, 0.1) is 5.69 Å². The summed E-state index contributed by atoms with van der Waals surface area (Å²) in [5.74, 6) is -1.90. The monoisotopic (exact) mass is 311 g/mol. The Balaban J connectivity index is 2.92. The number of carbonyl (C=O) groups is 1. The van der Waals surface area contributed by atoms with Crippen LogP contribution < -0.4 is 5.32 Å². The van der Waals surface area contributed by atoms with Crippen molar-refractivity contribution in [3.63, 3.8) is 0 Å². The van der Waals surface area contributed by atoms with E-state index in [2.05, 4.69) is 0 Å². The molecule has 0 aliphatic rings. The van der Waals surface area contributed by atoms with Crippen LogP contribution in [-0.4, -0.2) is 28.5 Å². The van der Waals surface area contributed by atoms with Crippen molar-refractivity contribution in [2.24, 2.45) is 0 Å². The van der Waals surface area contributed by atoms with Crippen LogP contribution in [0.3, 0.4) is 0 Å². The van der Waals surface area contributed by atoms with E-state index in [1.807, 2.05) is 6.92 Å². The highest BCUT2D eigenvalue weighted by atomic mass is 32.2. The van der Waals surface area contributed by atoms with Gasteiger partial charge >= 0.3 is 6.18 Å². The van der Waals surface area contributed by atoms with E-state index in [9.17, 15) is 22.4 Å². The fourth-order valence-electron chi connectivity index (χ4n) is 1.23. The zero-order chi connectivity index (χ0) is 15.6. The molecule has 112 valence electrons. The molecule has 0 radical (unpaired) electrons. The van der Waals surface area contributed by atoms with Gasteiger partial charge in [-0.2, -0.15) is 13.2 Å². The summed E-state index contributed by atoms with van der Waals surface area (Å²) in [6, 6.07) is 3.72. The minimum atomic E-state index is -5.15. The molecule has 0 bridgehead atoms. The summed E-state index contributed by atoms with van der Waals surface area (Å²) >= 11 is 1.34. The average molecular weight is 311 g/mol. The van der Waals surface area contributed by atoms with Crippen molar-refractivity contribution < 1.29 is 27.5 Å². The Morgan fingerprint density at radius 1 is 1.40 bits per heavy atom. The second kappa shape index (κ2) is 6.01. The van der Waals surface area contributed by atoms with Gasteiger partial charge < -0.3 is 10.4 Å². The van der Waals surface area contributed by atoms with Crippen LogP contribution in [0.2, 0.25) is 0 Å². The third-order valence-electron chi connectivity index (χ3n) is 2.49. The molecular weight excluding hydrogens is 298 g/mol. The van der Waals surface area contributed by atoms with E-state index in [1.165, 1.54) is 17.8 Å². The molecule has 1 rings (SSSR count). The highest BCUT2D eigenvalue weighted by Crippen LogP contribution is 2.31. The molecule has 0 fully saturated rings. The third-order valence-corrected chi connectivity index (χ3v) is 3.37. The predicted octanol–water partition coefficient (Wildman–Crippen LogP) is 3.19. The number of benzene rings is 1. The lowest BCUT2D eigenvalue weighted by molar-refractivity contribution is -0.242. The van der Waals surface area contributed by atoms with Crippen LogP contribution in [0, 0.1) is 5.82 Å². The normalized spacial score (nSPS) is 14.8. The molecule has 1 unspecified atom stereocenters. The van der Waals surface area contributed by atoms with E-state index in [0.29, 0.717) is 17.6 Å². The minimum Gasteiger partial charge on any atom is -0.373 e. The van der Waals surface area contributed by atoms with Crippen LogP contribution in [0.1, 0.15) is 13.8 Å². The molecule has 1 atom stereocenters. The van der Waals surface area contributed by atoms with Gasteiger partial charge in [-0.3, -0.25) is 4.79 Å². The topological polar surface area (TPSA) is 49.3 Å². The summed E-state index contributed by atoms with van der Waals surface area (Å²) < 4.78 is 51.0. The molecule has 1 aromatic carbocycles. The maximum Gasteiger partial charge on any atom is 0.426 e. The number of halogens is 4. The van der Waals surface area contributed by atoms with Crippen LogP contribution in [-0.2, 0) is 4.79 Å². The average Bonchev–Trinajstić information content (AvgIpc) is 2.31. The van der Waals surface area contributed by atoms with E-state index < -0.39 is 29.2 Å². The van der Waals surface area contributed by atoms with E-state index in [-0.39, 0.29) is 0 Å². The maximum absolute atomic E-state index is 13.6. The summed E-state index contributed by atoms with van der Waals surface area (Å²) in [6.45, 7) is 2.17. The number of hydrogen-bond donors (Lipinski definition) is 2. The molecule has 20 heavy (non-hydrogen) atoms. The highest BCUT2D eigenvalue weighted by molar-refractivity contribution is 7.99. The van der Waals surface area contributed by atoms with Crippen LogP contribution in [0.25, 0.3) is 0 Å². The lowest BCUT2D eigenvalue weighted by Gasteiger charge is -2.24. The van der Waals surface area contributed by atoms with Crippen molar-refractivity contribution in [2.75, 3.05) is 11.1 Å². The van der Waals surface area contributed by atoms with Gasteiger partial charge in [0.1, 0.15) is 5.82 Å². The van der Waals surface area contributed by atoms with Crippen molar-refractivity contribution in [2.45, 2.75) is 30.5 Å². The van der Waals surface area contributed by atoms with Gasteiger partial charge in [0.2, 0.25) is 5.60 Å². The minimum absolute atomic E-state index is 0.307. The number of aliphatic hydroxyl groups is 1. The van der Waals surface area contributed by atoms with E-state index >= 15 is 0 Å². The molecule has 1 amide bonds. The summed E-state index contributed by atoms with van der Waals surface area (Å²) in [6.07, 6.45) is -5.15. The van der Waals surface area contributed by atoms with Crippen molar-refractivity contribution >= 4 is 23.4 Å². The van der Waals surface area contributed by atoms with Gasteiger partial charge in [-0.15, -0.1) is 11.8 Å². The van der Waals surface area contributed by atoms with Crippen molar-refractivity contribution in [3.8, 4) is 0 Å². The highest BCUT2D eigenvalue weighted by Gasteiger charge is 2.55. The molecule has 0 heterocycles. The summed E-state index contributed by atoms with van der Waals surface area (Å²) in [5, 5.41) is 10.9. The van der Waals surface area contributed by atoms with Crippen LogP contribution >= 0.6 is 11.8 Å². The van der Waals surface area contributed by atoms with Gasteiger partial charge in [-0.25, -0.2) is 4.39 Å². The summed E-state index contributed by atoms with van der Waals surface area (Å²) in [7, 11) is 0. The zero-order valence-electron chi connectivity index (χ0n) is 10.7. The van der Waals surface area contributed by atoms with Crippen LogP contribution in [0.5, 0.6) is 0 Å². The van der Waals surface area contributed by atoms with Gasteiger partial charge in [0, 0.05) is 4.90 Å². The Morgan fingerprint density at radius 3 is 2.45 bits per heavy atom. The summed E-state index contributed by atoms with van der Waals surface area (Å²) in [4.78, 5) is 12.0. The molecule has 0 aliphatic heterocycles. The molecular formula is C12H13F4NO2S. The molecule has 8 heteroatoms. The first-order valence-electron chi connectivity index (χ1n) is 5.62. The maximum atomic E-state index is 13.6. The van der Waals surface area contributed by atoms with Crippen molar-refractivity contribution in [3.05, 3.63) is 24.0 Å². The van der Waals surface area contributed by atoms with Gasteiger partial charge in [-0.05, 0) is 30.9 Å². The van der Waals surface area contributed by atoms with E-state index in [1.54, 1.807) is 5.32 Å². The van der Waals surface area contributed by atoms with E-state index in [0.717, 1.165) is 12.1 Å². The van der Waals surface area contributed by atoms with Crippen molar-refractivity contribution in [1.29, 1.82) is 0 Å². The van der Waals surface area contributed by atoms with Gasteiger partial charge in [-0.1, -0.05) is 6.92 Å². The fraction of sp³-hybridized carbons (Fsp3) is 0.417. The molecule has 0 aromatic heterocycles. The Kier molecular flexibility index (Phi) is 5.04. The SMILES string of the molecule is CCSc1ccc(NC(=O)C(C)(O)C(F)(F)F)c(F)c1. The Labute approximate surface area is 117 Å². The number of hydrogen-bond acceptors (Lipinski definition) is 3. The molecule has 0 aliphatic carbocycles. The quantitative estimate of drug-likeness (QED) is 0.663. The number of carbonyl (C=O) groups excluding carboxylic acids is 1. The largest absolute Gasteiger partial charge is 0.426 e. The second-order valence-electron chi connectivity index (χ2n) is 4.10. The second-order valence-corrected chi connectivity index (χ2v) is 5.44. The number of amides is 1. The first-order valence-corrected chi connectivity index (χ1v) is 6.61. The Morgan fingerprint density at radius 2 is 2.00 bits per heavy atom. The number of rotatable bonds is 4. The number of nitrogens with one attached hydrogen (secondary N) is 1. The molecule has 0 saturated heterocycles. The Hall–Kier alpha value is -1.28. The zero-order valence-corrected chi connectivity index (χ0v) is 11.5. The number of thioether (sulfide) groups is 1. The standard InChI is InChI=1S/C12H13F4NO2S/c1-3-20-7-4-5-9(8(13)6-7)17-10(18)11(2,19)12(14,15)16/h4-6,19H,3H2,1-2H3,(H,17,18). The summed E-state index contributed by atoms with van der Waals surface area (Å²) in [5.41, 5.74) is -4.00. The van der Waals surface area contributed by atoms with Crippen LogP contribution in [0.15, 0.2) is 23.1 Å². The number of alkyl halides is 3. The third kappa shape index (κ3) is 3.63.